The highest BCUT2D eigenvalue weighted by molar-refractivity contribution is 5.56. The number of fused-ring (bicyclic) bond motifs is 1. The molecule has 0 radical (unpaired) electrons. The summed E-state index contributed by atoms with van der Waals surface area (Å²) in [6.45, 7) is 6.41. The first kappa shape index (κ1) is 17.0. The molecule has 0 saturated heterocycles. The van der Waals surface area contributed by atoms with Gasteiger partial charge in [-0.15, -0.1) is 0 Å². The summed E-state index contributed by atoms with van der Waals surface area (Å²) in [5, 5.41) is 16.0. The van der Waals surface area contributed by atoms with Crippen LogP contribution in [-0.2, 0) is 6.54 Å². The zero-order chi connectivity index (χ0) is 18.0. The van der Waals surface area contributed by atoms with Crippen LogP contribution in [0.25, 0.3) is 5.78 Å². The maximum Gasteiger partial charge on any atom is 0.274 e. The van der Waals surface area contributed by atoms with Gasteiger partial charge in [-0.2, -0.15) is 9.50 Å². The molecule has 0 aliphatic heterocycles. The lowest BCUT2D eigenvalue weighted by Gasteiger charge is -2.10. The Morgan fingerprint density at radius 3 is 2.92 bits per heavy atom. The van der Waals surface area contributed by atoms with Crippen molar-refractivity contribution in [2.75, 3.05) is 5.32 Å². The number of hydrogen-bond acceptors (Lipinski definition) is 5. The van der Waals surface area contributed by atoms with Gasteiger partial charge in [-0.1, -0.05) is 26.3 Å². The molecule has 1 unspecified atom stereocenters. The first-order valence-corrected chi connectivity index (χ1v) is 8.50. The summed E-state index contributed by atoms with van der Waals surface area (Å²) >= 11 is 0. The van der Waals surface area contributed by atoms with Crippen molar-refractivity contribution >= 4 is 11.5 Å². The van der Waals surface area contributed by atoms with E-state index in [-0.39, 0.29) is 17.2 Å². The molecule has 0 spiro atoms. The molecule has 0 aliphatic carbocycles. The van der Waals surface area contributed by atoms with Crippen LogP contribution in [0.2, 0.25) is 0 Å². The normalized spacial score (nSPS) is 12.4. The van der Waals surface area contributed by atoms with Gasteiger partial charge in [-0.05, 0) is 25.5 Å². The molecule has 0 aliphatic rings. The monoisotopic (exact) mass is 341 g/mol. The second-order valence-electron chi connectivity index (χ2n) is 6.32. The van der Waals surface area contributed by atoms with Crippen LogP contribution >= 0.6 is 0 Å². The van der Waals surface area contributed by atoms with Crippen LogP contribution in [0.3, 0.4) is 0 Å². The largest absolute Gasteiger partial charge is 0.508 e. The number of benzene rings is 1. The topological polar surface area (TPSA) is 95.3 Å². The molecule has 1 aromatic carbocycles. The van der Waals surface area contributed by atoms with Gasteiger partial charge >= 0.3 is 0 Å². The minimum Gasteiger partial charge on any atom is -0.508 e. The minimum absolute atomic E-state index is 0.183. The molecule has 3 rings (SSSR count). The van der Waals surface area contributed by atoms with Crippen LogP contribution < -0.4 is 10.9 Å². The van der Waals surface area contributed by atoms with Gasteiger partial charge in [-0.25, -0.2) is 4.98 Å². The summed E-state index contributed by atoms with van der Waals surface area (Å²) in [6.07, 6.45) is 2.05. The van der Waals surface area contributed by atoms with Gasteiger partial charge in [0.2, 0.25) is 0 Å². The molecule has 0 fully saturated rings. The standard InChI is InChI=1S/C18H23N5O2/c1-4-6-11(2)17-21-18-20-13(9-16(25)23(18)22-17)10-19-14-7-5-8-15(24)12(14)3/h5,7-9,11,19,24H,4,6,10H2,1-3H3,(H,20,21,22). The van der Waals surface area contributed by atoms with Crippen LogP contribution in [0.15, 0.2) is 29.1 Å². The van der Waals surface area contributed by atoms with Gasteiger partial charge in [0.1, 0.15) is 11.6 Å². The van der Waals surface area contributed by atoms with Crippen molar-refractivity contribution < 1.29 is 5.11 Å². The van der Waals surface area contributed by atoms with Crippen molar-refractivity contribution in [1.29, 1.82) is 0 Å². The molecule has 0 amide bonds. The van der Waals surface area contributed by atoms with E-state index in [4.69, 9.17) is 0 Å². The summed E-state index contributed by atoms with van der Waals surface area (Å²) in [5.41, 5.74) is 1.99. The predicted octanol–water partition coefficient (Wildman–Crippen LogP) is 2.95. The van der Waals surface area contributed by atoms with Crippen molar-refractivity contribution in [2.24, 2.45) is 0 Å². The Balaban J connectivity index is 1.85. The Hall–Kier alpha value is -2.83. The highest BCUT2D eigenvalue weighted by atomic mass is 16.3. The lowest BCUT2D eigenvalue weighted by Crippen LogP contribution is -2.17. The number of phenolic OH excluding ortho intramolecular Hbond substituents is 1. The fourth-order valence-corrected chi connectivity index (χ4v) is 2.83. The van der Waals surface area contributed by atoms with Crippen molar-refractivity contribution in [2.45, 2.75) is 46.1 Å². The molecule has 0 saturated carbocycles. The Morgan fingerprint density at radius 2 is 2.16 bits per heavy atom. The minimum atomic E-state index is -0.183. The number of nitrogens with one attached hydrogen (secondary N) is 2. The molecule has 1 atom stereocenters. The molecule has 3 aromatic rings. The average Bonchev–Trinajstić information content (AvgIpc) is 3.01. The summed E-state index contributed by atoms with van der Waals surface area (Å²) in [6, 6.07) is 6.77. The Labute approximate surface area is 145 Å². The highest BCUT2D eigenvalue weighted by Gasteiger charge is 2.13. The number of aromatic hydroxyl groups is 1. The van der Waals surface area contributed by atoms with E-state index in [2.05, 4.69) is 34.2 Å². The molecular weight excluding hydrogens is 318 g/mol. The van der Waals surface area contributed by atoms with E-state index in [9.17, 15) is 9.90 Å². The summed E-state index contributed by atoms with van der Waals surface area (Å²) < 4.78 is 1.38. The van der Waals surface area contributed by atoms with E-state index in [1.54, 1.807) is 12.1 Å². The fourth-order valence-electron chi connectivity index (χ4n) is 2.83. The Kier molecular flexibility index (Phi) is 4.74. The SMILES string of the molecule is CCCC(C)c1nc2nc(CNc3cccc(O)c3C)cc(=O)n2[nH]1. The van der Waals surface area contributed by atoms with E-state index in [0.717, 1.165) is 29.9 Å². The van der Waals surface area contributed by atoms with Crippen LogP contribution in [0.5, 0.6) is 5.75 Å². The van der Waals surface area contributed by atoms with Crippen molar-refractivity contribution in [3.05, 3.63) is 51.7 Å². The molecule has 132 valence electrons. The van der Waals surface area contributed by atoms with Crippen molar-refractivity contribution in [1.82, 2.24) is 19.6 Å². The van der Waals surface area contributed by atoms with E-state index in [1.165, 1.54) is 10.6 Å². The fraction of sp³-hybridized carbons (Fsp3) is 0.389. The third kappa shape index (κ3) is 3.50. The maximum absolute atomic E-state index is 12.3. The van der Waals surface area contributed by atoms with Gasteiger partial charge in [0.25, 0.3) is 11.3 Å². The molecule has 25 heavy (non-hydrogen) atoms. The number of rotatable bonds is 6. The molecule has 2 heterocycles. The lowest BCUT2D eigenvalue weighted by molar-refractivity contribution is 0.471. The summed E-state index contributed by atoms with van der Waals surface area (Å²) in [4.78, 5) is 21.2. The van der Waals surface area contributed by atoms with E-state index in [0.29, 0.717) is 18.0 Å². The van der Waals surface area contributed by atoms with Crippen molar-refractivity contribution in [3.63, 3.8) is 0 Å². The Morgan fingerprint density at radius 1 is 1.36 bits per heavy atom. The quantitative estimate of drug-likeness (QED) is 0.641. The lowest BCUT2D eigenvalue weighted by atomic mass is 10.1. The number of nitrogens with zero attached hydrogens (tertiary/aromatic N) is 3. The first-order valence-electron chi connectivity index (χ1n) is 8.50. The molecule has 2 aromatic heterocycles. The molecule has 7 heteroatoms. The smallest absolute Gasteiger partial charge is 0.274 e. The van der Waals surface area contributed by atoms with E-state index in [1.807, 2.05) is 13.0 Å². The highest BCUT2D eigenvalue weighted by Crippen LogP contribution is 2.24. The average molecular weight is 341 g/mol. The van der Waals surface area contributed by atoms with Crippen molar-refractivity contribution in [3.8, 4) is 5.75 Å². The van der Waals surface area contributed by atoms with Gasteiger partial charge in [0.05, 0.1) is 12.2 Å². The van der Waals surface area contributed by atoms with Gasteiger partial charge in [0, 0.05) is 23.2 Å². The number of H-pyrrole nitrogens is 1. The molecule has 7 nitrogen and oxygen atoms in total. The van der Waals surface area contributed by atoms with Crippen LogP contribution in [-0.4, -0.2) is 24.7 Å². The van der Waals surface area contributed by atoms with Gasteiger partial charge < -0.3 is 10.4 Å². The van der Waals surface area contributed by atoms with E-state index < -0.39 is 0 Å². The number of anilines is 1. The molecule has 0 bridgehead atoms. The number of hydrogen-bond donors (Lipinski definition) is 3. The number of aromatic amines is 1. The van der Waals surface area contributed by atoms with Gasteiger partial charge in [-0.3, -0.25) is 9.89 Å². The predicted molar refractivity (Wildman–Crippen MR) is 97.1 cm³/mol. The molecule has 3 N–H and O–H groups in total. The zero-order valence-electron chi connectivity index (χ0n) is 14.7. The van der Waals surface area contributed by atoms with E-state index >= 15 is 0 Å². The second-order valence-corrected chi connectivity index (χ2v) is 6.32. The van der Waals surface area contributed by atoms with Crippen LogP contribution in [0, 0.1) is 6.92 Å². The van der Waals surface area contributed by atoms with Crippen LogP contribution in [0.1, 0.15) is 49.7 Å². The molecular formula is C18H23N5O2. The second kappa shape index (κ2) is 6.96. The Bertz CT molecular complexity index is 944. The summed E-state index contributed by atoms with van der Waals surface area (Å²) in [7, 11) is 0. The van der Waals surface area contributed by atoms with Gasteiger partial charge in [0.15, 0.2) is 0 Å². The maximum atomic E-state index is 12.3. The first-order chi connectivity index (χ1) is 12.0. The number of aromatic nitrogens is 4. The summed E-state index contributed by atoms with van der Waals surface area (Å²) in [5.74, 6) is 1.65. The third-order valence-electron chi connectivity index (χ3n) is 4.35. The third-order valence-corrected chi connectivity index (χ3v) is 4.35. The number of phenols is 1. The van der Waals surface area contributed by atoms with Crippen LogP contribution in [0.4, 0.5) is 5.69 Å². The zero-order valence-corrected chi connectivity index (χ0v) is 14.7.